The maximum atomic E-state index is 5.78. The first-order valence-corrected chi connectivity index (χ1v) is 6.16. The van der Waals surface area contributed by atoms with Gasteiger partial charge in [0.2, 0.25) is 0 Å². The molecule has 0 unspecified atom stereocenters. The second-order valence-electron chi connectivity index (χ2n) is 2.48. The molecule has 1 nitrogen and oxygen atoms in total. The van der Waals surface area contributed by atoms with Crippen LogP contribution in [0.4, 0.5) is 0 Å². The first kappa shape index (κ1) is 9.19. The largest absolute Gasteiger partial charge is 0.233 e. The van der Waals surface area contributed by atoms with Crippen LogP contribution >= 0.6 is 33.2 Å². The van der Waals surface area contributed by atoms with Gasteiger partial charge in [-0.3, -0.25) is 0 Å². The van der Waals surface area contributed by atoms with Gasteiger partial charge in [0.05, 0.1) is 0 Å². The van der Waals surface area contributed by atoms with Crippen LogP contribution in [-0.4, -0.2) is 5.04 Å². The summed E-state index contributed by atoms with van der Waals surface area (Å²) < 4.78 is 0. The summed E-state index contributed by atoms with van der Waals surface area (Å²) in [6.07, 6.45) is 0. The lowest BCUT2D eigenvalue weighted by molar-refractivity contribution is 1.55. The Morgan fingerprint density at radius 1 is 1.15 bits per heavy atom. The van der Waals surface area contributed by atoms with Gasteiger partial charge in [0.25, 0.3) is 0 Å². The summed E-state index contributed by atoms with van der Waals surface area (Å²) in [6.45, 7) is 3.78. The lowest BCUT2D eigenvalue weighted by Gasteiger charge is -1.97. The topological polar surface area (TPSA) is 12.4 Å². The number of aliphatic imine (C=N–C) groups is 1. The molecule has 1 heterocycles. The van der Waals surface area contributed by atoms with E-state index in [1.807, 2.05) is 24.3 Å². The average molecular weight is 228 g/mol. The molecule has 4 heteroatoms. The van der Waals surface area contributed by atoms with Gasteiger partial charge in [-0.25, -0.2) is 4.99 Å². The molecule has 0 aromatic heterocycles. The number of benzene rings is 1. The first-order chi connectivity index (χ1) is 6.25. The van der Waals surface area contributed by atoms with Crippen molar-refractivity contribution in [1.82, 2.24) is 0 Å². The standard InChI is InChI=1S/C9H6ClNS2/c1-6-11-9(13-12-6)7-2-4-8(10)5-3-7/h2-5H,1H2. The summed E-state index contributed by atoms with van der Waals surface area (Å²) in [5.74, 6) is 0. The molecule has 0 aliphatic carbocycles. The molecule has 0 radical (unpaired) electrons. The summed E-state index contributed by atoms with van der Waals surface area (Å²) in [5, 5.41) is 2.61. The van der Waals surface area contributed by atoms with Crippen molar-refractivity contribution in [3.8, 4) is 0 Å². The maximum absolute atomic E-state index is 5.78. The molecule has 66 valence electrons. The van der Waals surface area contributed by atoms with E-state index in [4.69, 9.17) is 11.6 Å². The second-order valence-corrected chi connectivity index (χ2v) is 5.11. The second kappa shape index (κ2) is 3.78. The minimum atomic E-state index is 0.749. The van der Waals surface area contributed by atoms with Crippen LogP contribution in [0.5, 0.6) is 0 Å². The van der Waals surface area contributed by atoms with Gasteiger partial charge in [-0.1, -0.05) is 30.3 Å². The number of hydrogen-bond acceptors (Lipinski definition) is 3. The minimum absolute atomic E-state index is 0.749. The van der Waals surface area contributed by atoms with Crippen LogP contribution in [0.25, 0.3) is 0 Å². The fraction of sp³-hybridized carbons (Fsp3) is 0. The predicted molar refractivity (Wildman–Crippen MR) is 62.3 cm³/mol. The Labute approximate surface area is 89.7 Å². The molecule has 0 amide bonds. The van der Waals surface area contributed by atoms with Gasteiger partial charge >= 0.3 is 0 Å². The maximum Gasteiger partial charge on any atom is 0.115 e. The molecular weight excluding hydrogens is 222 g/mol. The Bertz CT molecular complexity index is 370. The van der Waals surface area contributed by atoms with Crippen molar-refractivity contribution in [2.75, 3.05) is 0 Å². The Morgan fingerprint density at radius 2 is 1.85 bits per heavy atom. The molecule has 1 aromatic carbocycles. The minimum Gasteiger partial charge on any atom is -0.233 e. The molecule has 13 heavy (non-hydrogen) atoms. The molecule has 1 aliphatic rings. The van der Waals surface area contributed by atoms with Crippen LogP contribution in [0, 0.1) is 0 Å². The van der Waals surface area contributed by atoms with Crippen molar-refractivity contribution in [2.45, 2.75) is 0 Å². The van der Waals surface area contributed by atoms with Gasteiger partial charge < -0.3 is 0 Å². The normalized spacial score (nSPS) is 16.1. The van der Waals surface area contributed by atoms with Gasteiger partial charge in [-0.15, -0.1) is 0 Å². The first-order valence-electron chi connectivity index (χ1n) is 3.64. The zero-order valence-corrected chi connectivity index (χ0v) is 9.05. The molecule has 0 N–H and O–H groups in total. The molecule has 1 aliphatic heterocycles. The van der Waals surface area contributed by atoms with Gasteiger partial charge in [-0.2, -0.15) is 0 Å². The fourth-order valence-corrected chi connectivity index (χ4v) is 2.85. The van der Waals surface area contributed by atoms with E-state index in [-0.39, 0.29) is 0 Å². The fourth-order valence-electron chi connectivity index (χ4n) is 0.943. The van der Waals surface area contributed by atoms with Crippen LogP contribution in [0.2, 0.25) is 5.02 Å². The smallest absolute Gasteiger partial charge is 0.115 e. The SMILES string of the molecule is C=C1N=C(c2ccc(Cl)cc2)SS1. The predicted octanol–water partition coefficient (Wildman–Crippen LogP) is 3.95. The Kier molecular flexibility index (Phi) is 2.67. The highest BCUT2D eigenvalue weighted by molar-refractivity contribution is 8.84. The average Bonchev–Trinajstić information content (AvgIpc) is 2.53. The Balaban J connectivity index is 2.31. The highest BCUT2D eigenvalue weighted by Crippen LogP contribution is 2.40. The quantitative estimate of drug-likeness (QED) is 0.674. The number of hydrogen-bond donors (Lipinski definition) is 0. The van der Waals surface area contributed by atoms with E-state index in [1.54, 1.807) is 21.6 Å². The van der Waals surface area contributed by atoms with Gasteiger partial charge in [-0.05, 0) is 33.7 Å². The molecule has 0 saturated carbocycles. The summed E-state index contributed by atoms with van der Waals surface area (Å²) in [5.41, 5.74) is 1.10. The molecule has 0 atom stereocenters. The van der Waals surface area contributed by atoms with Crippen molar-refractivity contribution < 1.29 is 0 Å². The van der Waals surface area contributed by atoms with E-state index in [0.717, 1.165) is 20.7 Å². The molecule has 0 fully saturated rings. The van der Waals surface area contributed by atoms with E-state index in [9.17, 15) is 0 Å². The van der Waals surface area contributed by atoms with Crippen LogP contribution in [0.1, 0.15) is 5.56 Å². The van der Waals surface area contributed by atoms with Crippen molar-refractivity contribution in [1.29, 1.82) is 0 Å². The van der Waals surface area contributed by atoms with Crippen molar-refractivity contribution in [2.24, 2.45) is 4.99 Å². The summed E-state index contributed by atoms with van der Waals surface area (Å²) in [7, 11) is 3.22. The van der Waals surface area contributed by atoms with Crippen LogP contribution in [0.15, 0.2) is 40.9 Å². The van der Waals surface area contributed by atoms with E-state index >= 15 is 0 Å². The van der Waals surface area contributed by atoms with E-state index in [1.165, 1.54) is 0 Å². The van der Waals surface area contributed by atoms with Crippen LogP contribution < -0.4 is 0 Å². The molecule has 0 bridgehead atoms. The number of nitrogens with zero attached hydrogens (tertiary/aromatic N) is 1. The Morgan fingerprint density at radius 3 is 2.38 bits per heavy atom. The van der Waals surface area contributed by atoms with Gasteiger partial charge in [0, 0.05) is 10.6 Å². The third-order valence-electron chi connectivity index (χ3n) is 1.53. The van der Waals surface area contributed by atoms with Crippen LogP contribution in [0.3, 0.4) is 0 Å². The zero-order valence-electron chi connectivity index (χ0n) is 6.66. The van der Waals surface area contributed by atoms with Crippen molar-refractivity contribution in [3.63, 3.8) is 0 Å². The molecule has 0 spiro atoms. The van der Waals surface area contributed by atoms with E-state index in [2.05, 4.69) is 11.6 Å². The van der Waals surface area contributed by atoms with Gasteiger partial charge in [0.1, 0.15) is 10.1 Å². The van der Waals surface area contributed by atoms with Crippen molar-refractivity contribution in [3.05, 3.63) is 46.5 Å². The monoisotopic (exact) mass is 227 g/mol. The van der Waals surface area contributed by atoms with Gasteiger partial charge in [0.15, 0.2) is 0 Å². The molecule has 0 saturated heterocycles. The summed E-state index contributed by atoms with van der Waals surface area (Å²) >= 11 is 5.78. The number of halogens is 1. The number of rotatable bonds is 1. The molecule has 2 rings (SSSR count). The highest BCUT2D eigenvalue weighted by Gasteiger charge is 2.12. The van der Waals surface area contributed by atoms with Crippen molar-refractivity contribution >= 4 is 38.2 Å². The Hall–Kier alpha value is -0.380. The summed E-state index contributed by atoms with van der Waals surface area (Å²) in [4.78, 5) is 4.29. The third-order valence-corrected chi connectivity index (χ3v) is 3.94. The summed E-state index contributed by atoms with van der Waals surface area (Å²) in [6, 6.07) is 7.66. The van der Waals surface area contributed by atoms with Crippen LogP contribution in [-0.2, 0) is 0 Å². The highest BCUT2D eigenvalue weighted by atomic mass is 35.5. The molecular formula is C9H6ClNS2. The van der Waals surface area contributed by atoms with E-state index < -0.39 is 0 Å². The third kappa shape index (κ3) is 2.10. The zero-order chi connectivity index (χ0) is 9.26. The lowest BCUT2D eigenvalue weighted by Crippen LogP contribution is -1.89. The lowest BCUT2D eigenvalue weighted by atomic mass is 10.2. The van der Waals surface area contributed by atoms with E-state index in [0.29, 0.717) is 0 Å². The molecule has 1 aromatic rings.